The molecule has 4 rings (SSSR count). The van der Waals surface area contributed by atoms with Gasteiger partial charge < -0.3 is 10.6 Å². The van der Waals surface area contributed by atoms with E-state index in [-0.39, 0.29) is 5.91 Å². The van der Waals surface area contributed by atoms with Gasteiger partial charge in [0.05, 0.1) is 5.57 Å². The highest BCUT2D eigenvalue weighted by atomic mass is 35.5. The molecule has 136 valence electrons. The van der Waals surface area contributed by atoms with Crippen molar-refractivity contribution >= 4 is 40.7 Å². The molecule has 0 fully saturated rings. The van der Waals surface area contributed by atoms with Crippen molar-refractivity contribution in [3.05, 3.63) is 81.7 Å². The van der Waals surface area contributed by atoms with Crippen LogP contribution in [0, 0.1) is 0 Å². The zero-order valence-electron chi connectivity index (χ0n) is 14.3. The van der Waals surface area contributed by atoms with Gasteiger partial charge in [-0.15, -0.1) is 0 Å². The summed E-state index contributed by atoms with van der Waals surface area (Å²) in [6.07, 6.45) is 1.46. The van der Waals surface area contributed by atoms with Gasteiger partial charge in [-0.3, -0.25) is 4.79 Å². The Labute approximate surface area is 165 Å². The molecule has 0 radical (unpaired) electrons. The Morgan fingerprint density at radius 3 is 2.37 bits per heavy atom. The second-order valence-electron chi connectivity index (χ2n) is 6.11. The maximum atomic E-state index is 13.1. The molecule has 1 atom stereocenters. The molecule has 1 aliphatic rings. The van der Waals surface area contributed by atoms with E-state index < -0.39 is 6.04 Å². The maximum Gasteiger partial charge on any atom is 0.255 e. The lowest BCUT2D eigenvalue weighted by molar-refractivity contribution is -0.113. The van der Waals surface area contributed by atoms with E-state index >= 15 is 0 Å². The van der Waals surface area contributed by atoms with Crippen molar-refractivity contribution in [3.8, 4) is 0 Å². The molecular formula is C19H15Cl2N5O. The predicted molar refractivity (Wildman–Crippen MR) is 106 cm³/mol. The molecule has 1 amide bonds. The van der Waals surface area contributed by atoms with E-state index in [1.165, 1.54) is 6.33 Å². The summed E-state index contributed by atoms with van der Waals surface area (Å²) in [6.45, 7) is 1.85. The molecule has 27 heavy (non-hydrogen) atoms. The molecule has 0 saturated carbocycles. The number of allylic oxidation sites excluding steroid dienone is 1. The highest BCUT2D eigenvalue weighted by molar-refractivity contribution is 6.30. The van der Waals surface area contributed by atoms with Crippen molar-refractivity contribution in [2.45, 2.75) is 13.0 Å². The standard InChI is InChI=1S/C19H15Cl2N5O/c1-11-16(18(27)25-15-8-6-14(21)7-9-15)17(12-2-4-13(20)5-3-12)26-19(24-11)22-10-23-26/h2-10,17H,1H3,(H,25,27)(H,22,23,24)/t17-/m0/s1. The van der Waals surface area contributed by atoms with Gasteiger partial charge in [-0.25, -0.2) is 4.68 Å². The first kappa shape index (κ1) is 17.6. The van der Waals surface area contributed by atoms with Crippen molar-refractivity contribution < 1.29 is 4.79 Å². The van der Waals surface area contributed by atoms with Crippen LogP contribution in [0.15, 0.2) is 66.1 Å². The highest BCUT2D eigenvalue weighted by Gasteiger charge is 2.33. The van der Waals surface area contributed by atoms with E-state index in [0.29, 0.717) is 33.0 Å². The second-order valence-corrected chi connectivity index (χ2v) is 6.98. The van der Waals surface area contributed by atoms with E-state index in [4.69, 9.17) is 23.2 Å². The Morgan fingerprint density at radius 2 is 1.70 bits per heavy atom. The van der Waals surface area contributed by atoms with E-state index in [9.17, 15) is 4.79 Å². The average molecular weight is 400 g/mol. The molecule has 0 spiro atoms. The number of aromatic nitrogens is 3. The van der Waals surface area contributed by atoms with Gasteiger partial charge in [0.25, 0.3) is 5.91 Å². The normalized spacial score (nSPS) is 15.9. The summed E-state index contributed by atoms with van der Waals surface area (Å²) in [6, 6.07) is 13.9. The second kappa shape index (κ2) is 7.06. The molecule has 6 nitrogen and oxygen atoms in total. The Kier molecular flexibility index (Phi) is 4.59. The van der Waals surface area contributed by atoms with Crippen LogP contribution in [0.2, 0.25) is 10.0 Å². The van der Waals surface area contributed by atoms with Crippen LogP contribution >= 0.6 is 23.2 Å². The third kappa shape index (κ3) is 3.41. The van der Waals surface area contributed by atoms with E-state index in [1.54, 1.807) is 41.1 Å². The lowest BCUT2D eigenvalue weighted by Gasteiger charge is -2.28. The lowest BCUT2D eigenvalue weighted by Crippen LogP contribution is -2.31. The van der Waals surface area contributed by atoms with Crippen LogP contribution in [-0.4, -0.2) is 20.7 Å². The quantitative estimate of drug-likeness (QED) is 0.679. The third-order valence-electron chi connectivity index (χ3n) is 4.33. The van der Waals surface area contributed by atoms with Gasteiger partial charge in [-0.2, -0.15) is 10.1 Å². The largest absolute Gasteiger partial charge is 0.328 e. The molecule has 0 unspecified atom stereocenters. The first-order valence-electron chi connectivity index (χ1n) is 8.22. The lowest BCUT2D eigenvalue weighted by atomic mass is 9.95. The summed E-state index contributed by atoms with van der Waals surface area (Å²) in [5.74, 6) is 0.346. The zero-order valence-corrected chi connectivity index (χ0v) is 15.8. The number of rotatable bonds is 3. The van der Waals surface area contributed by atoms with Gasteiger partial charge in [0, 0.05) is 21.4 Å². The molecule has 2 N–H and O–H groups in total. The molecule has 0 saturated heterocycles. The zero-order chi connectivity index (χ0) is 19.0. The number of halogens is 2. The fourth-order valence-corrected chi connectivity index (χ4v) is 3.32. The summed E-state index contributed by atoms with van der Waals surface area (Å²) in [5.41, 5.74) is 2.80. The first-order valence-corrected chi connectivity index (χ1v) is 8.98. The third-order valence-corrected chi connectivity index (χ3v) is 4.83. The van der Waals surface area contributed by atoms with Crippen LogP contribution in [0.25, 0.3) is 0 Å². The topological polar surface area (TPSA) is 71.8 Å². The minimum atomic E-state index is -0.423. The number of anilines is 2. The van der Waals surface area contributed by atoms with Crippen LogP contribution in [-0.2, 0) is 4.79 Å². The van der Waals surface area contributed by atoms with E-state index in [2.05, 4.69) is 20.7 Å². The Hall–Kier alpha value is -2.83. The number of amides is 1. The van der Waals surface area contributed by atoms with Crippen molar-refractivity contribution in [3.63, 3.8) is 0 Å². The smallest absolute Gasteiger partial charge is 0.255 e. The molecule has 2 aromatic carbocycles. The number of carbonyl (C=O) groups is 1. The summed E-state index contributed by atoms with van der Waals surface area (Å²) >= 11 is 11.9. The number of nitrogens with zero attached hydrogens (tertiary/aromatic N) is 3. The molecule has 3 aromatic rings. The van der Waals surface area contributed by atoms with Gasteiger partial charge in [0.1, 0.15) is 12.4 Å². The summed E-state index contributed by atoms with van der Waals surface area (Å²) < 4.78 is 1.69. The molecule has 1 aliphatic heterocycles. The average Bonchev–Trinajstić information content (AvgIpc) is 3.11. The van der Waals surface area contributed by atoms with Gasteiger partial charge in [-0.1, -0.05) is 35.3 Å². The van der Waals surface area contributed by atoms with Crippen LogP contribution in [0.1, 0.15) is 18.5 Å². The Morgan fingerprint density at radius 1 is 1.07 bits per heavy atom. The molecular weight excluding hydrogens is 385 g/mol. The number of hydrogen-bond acceptors (Lipinski definition) is 4. The highest BCUT2D eigenvalue weighted by Crippen LogP contribution is 2.35. The van der Waals surface area contributed by atoms with Gasteiger partial charge in [0.2, 0.25) is 5.95 Å². The van der Waals surface area contributed by atoms with Crippen molar-refractivity contribution in [2.24, 2.45) is 0 Å². The minimum absolute atomic E-state index is 0.233. The van der Waals surface area contributed by atoms with Crippen LogP contribution in [0.5, 0.6) is 0 Å². The molecule has 2 heterocycles. The van der Waals surface area contributed by atoms with E-state index in [0.717, 1.165) is 5.56 Å². The molecule has 0 bridgehead atoms. The predicted octanol–water partition coefficient (Wildman–Crippen LogP) is 4.51. The van der Waals surface area contributed by atoms with Crippen molar-refractivity contribution in [1.82, 2.24) is 14.8 Å². The summed E-state index contributed by atoms with van der Waals surface area (Å²) in [4.78, 5) is 17.3. The van der Waals surface area contributed by atoms with Crippen molar-refractivity contribution in [1.29, 1.82) is 0 Å². The van der Waals surface area contributed by atoms with Gasteiger partial charge in [-0.05, 0) is 48.9 Å². The van der Waals surface area contributed by atoms with Crippen LogP contribution in [0.4, 0.5) is 11.6 Å². The number of fused-ring (bicyclic) bond motifs is 1. The summed E-state index contributed by atoms with van der Waals surface area (Å²) in [5, 5.41) is 11.6. The Bertz CT molecular complexity index is 1030. The van der Waals surface area contributed by atoms with Crippen LogP contribution in [0.3, 0.4) is 0 Å². The van der Waals surface area contributed by atoms with E-state index in [1.807, 2.05) is 19.1 Å². The number of hydrogen-bond donors (Lipinski definition) is 2. The number of benzene rings is 2. The maximum absolute atomic E-state index is 13.1. The van der Waals surface area contributed by atoms with Crippen molar-refractivity contribution in [2.75, 3.05) is 10.6 Å². The first-order chi connectivity index (χ1) is 13.0. The monoisotopic (exact) mass is 399 g/mol. The molecule has 1 aromatic heterocycles. The Balaban J connectivity index is 1.74. The molecule has 0 aliphatic carbocycles. The van der Waals surface area contributed by atoms with Gasteiger partial charge >= 0.3 is 0 Å². The number of carbonyl (C=O) groups excluding carboxylic acids is 1. The van der Waals surface area contributed by atoms with Gasteiger partial charge in [0.15, 0.2) is 0 Å². The fraction of sp³-hybridized carbons (Fsp3) is 0.105. The summed E-state index contributed by atoms with van der Waals surface area (Å²) in [7, 11) is 0. The number of nitrogens with one attached hydrogen (secondary N) is 2. The molecule has 8 heteroatoms. The SMILES string of the molecule is CC1=C(C(=O)Nc2ccc(Cl)cc2)[C@H](c2ccc(Cl)cc2)n2ncnc2N1. The van der Waals surface area contributed by atoms with Crippen LogP contribution < -0.4 is 10.6 Å². The fourth-order valence-electron chi connectivity index (χ4n) is 3.07. The minimum Gasteiger partial charge on any atom is -0.328 e.